The van der Waals surface area contributed by atoms with E-state index in [1.807, 2.05) is 39.1 Å². The Bertz CT molecular complexity index is 845. The average Bonchev–Trinajstić information content (AvgIpc) is 3.17. The van der Waals surface area contributed by atoms with E-state index in [-0.39, 0.29) is 6.10 Å². The van der Waals surface area contributed by atoms with Crippen molar-refractivity contribution in [2.24, 2.45) is 0 Å². The quantitative estimate of drug-likeness (QED) is 0.513. The van der Waals surface area contributed by atoms with E-state index in [0.29, 0.717) is 17.2 Å². The van der Waals surface area contributed by atoms with Gasteiger partial charge in [-0.25, -0.2) is 4.79 Å². The molecule has 1 saturated carbocycles. The van der Waals surface area contributed by atoms with Gasteiger partial charge in [-0.05, 0) is 64.8 Å². The van der Waals surface area contributed by atoms with Gasteiger partial charge in [-0.1, -0.05) is 25.2 Å². The fourth-order valence-corrected chi connectivity index (χ4v) is 5.74. The molecule has 1 amide bonds. The summed E-state index contributed by atoms with van der Waals surface area (Å²) in [7, 11) is 2.04. The summed E-state index contributed by atoms with van der Waals surface area (Å²) in [4.78, 5) is 13.1. The molecule has 0 spiro atoms. The first kappa shape index (κ1) is 23.0. The van der Waals surface area contributed by atoms with E-state index in [1.54, 1.807) is 23.1 Å². The van der Waals surface area contributed by atoms with Gasteiger partial charge in [0, 0.05) is 33.4 Å². The molecule has 6 nitrogen and oxygen atoms in total. The lowest BCUT2D eigenvalue weighted by Crippen LogP contribution is -2.29. The first-order valence-corrected chi connectivity index (χ1v) is 12.3. The average molecular weight is 449 g/mol. The first-order valence-electron chi connectivity index (χ1n) is 10.6. The van der Waals surface area contributed by atoms with Crippen LogP contribution in [0.2, 0.25) is 0 Å². The molecule has 8 heteroatoms. The molecule has 1 aliphatic rings. The normalized spacial score (nSPS) is 19.3. The Morgan fingerprint density at radius 1 is 1.17 bits per heavy atom. The maximum absolute atomic E-state index is 12.0. The third kappa shape index (κ3) is 6.18. The molecule has 2 aromatic rings. The molecule has 30 heavy (non-hydrogen) atoms. The van der Waals surface area contributed by atoms with Crippen molar-refractivity contribution in [1.29, 1.82) is 0 Å². The van der Waals surface area contributed by atoms with Crippen LogP contribution in [-0.4, -0.2) is 40.7 Å². The number of benzene rings is 1. The Labute approximate surface area is 187 Å². The van der Waals surface area contributed by atoms with Crippen LogP contribution in [0.3, 0.4) is 0 Å². The lowest BCUT2D eigenvalue weighted by Gasteiger charge is -2.26. The summed E-state index contributed by atoms with van der Waals surface area (Å²) in [6.45, 7) is 7.99. The zero-order valence-corrected chi connectivity index (χ0v) is 20.0. The standard InChI is InChI=1S/C22H32N4O2S2/c1-13(2)28-22(27)24-17-10-11-18(19(12-17)29-14(3)4)21-26-25-20(30-21)15-6-8-16(23-5)9-7-15/h10-16,23H,6-9H2,1-5H3,(H,24,27). The predicted octanol–water partition coefficient (Wildman–Crippen LogP) is 5.91. The number of amides is 1. The van der Waals surface area contributed by atoms with Crippen molar-refractivity contribution < 1.29 is 9.53 Å². The van der Waals surface area contributed by atoms with E-state index in [4.69, 9.17) is 4.74 Å². The minimum Gasteiger partial charge on any atom is -0.447 e. The summed E-state index contributed by atoms with van der Waals surface area (Å²) < 4.78 is 5.19. The Kier molecular flexibility index (Phi) is 8.13. The predicted molar refractivity (Wildman–Crippen MR) is 126 cm³/mol. The topological polar surface area (TPSA) is 76.1 Å². The van der Waals surface area contributed by atoms with Crippen LogP contribution < -0.4 is 10.6 Å². The van der Waals surface area contributed by atoms with Crippen LogP contribution in [-0.2, 0) is 4.74 Å². The van der Waals surface area contributed by atoms with Crippen molar-refractivity contribution >= 4 is 34.9 Å². The monoisotopic (exact) mass is 448 g/mol. The van der Waals surface area contributed by atoms with Gasteiger partial charge in [0.2, 0.25) is 0 Å². The van der Waals surface area contributed by atoms with E-state index in [1.165, 1.54) is 12.8 Å². The SMILES string of the molecule is CNC1CCC(c2nnc(-c3ccc(NC(=O)OC(C)C)cc3SC(C)C)s2)CC1. The lowest BCUT2D eigenvalue weighted by molar-refractivity contribution is 0.130. The van der Waals surface area contributed by atoms with Crippen molar-refractivity contribution in [3.05, 3.63) is 23.2 Å². The highest BCUT2D eigenvalue weighted by Crippen LogP contribution is 2.40. The molecule has 0 bridgehead atoms. The van der Waals surface area contributed by atoms with Gasteiger partial charge in [0.15, 0.2) is 0 Å². The molecule has 0 saturated heterocycles. The largest absolute Gasteiger partial charge is 0.447 e. The van der Waals surface area contributed by atoms with Gasteiger partial charge in [-0.3, -0.25) is 5.32 Å². The number of ether oxygens (including phenoxy) is 1. The second-order valence-corrected chi connectivity index (χ2v) is 10.9. The molecule has 2 N–H and O–H groups in total. The molecule has 164 valence electrons. The van der Waals surface area contributed by atoms with E-state index in [2.05, 4.69) is 34.7 Å². The summed E-state index contributed by atoms with van der Waals surface area (Å²) in [5.74, 6) is 0.508. The summed E-state index contributed by atoms with van der Waals surface area (Å²) in [5, 5.41) is 17.8. The van der Waals surface area contributed by atoms with Crippen LogP contribution in [0.4, 0.5) is 10.5 Å². The van der Waals surface area contributed by atoms with E-state index < -0.39 is 6.09 Å². The number of hydrogen-bond acceptors (Lipinski definition) is 7. The molecule has 0 unspecified atom stereocenters. The van der Waals surface area contributed by atoms with Crippen LogP contribution in [0.1, 0.15) is 64.3 Å². The highest BCUT2D eigenvalue weighted by atomic mass is 32.2. The van der Waals surface area contributed by atoms with Gasteiger partial charge < -0.3 is 10.1 Å². The Morgan fingerprint density at radius 3 is 2.53 bits per heavy atom. The molecule has 3 rings (SSSR count). The third-order valence-electron chi connectivity index (χ3n) is 5.09. The number of hydrogen-bond donors (Lipinski definition) is 2. The van der Waals surface area contributed by atoms with Crippen LogP contribution >= 0.6 is 23.1 Å². The molecule has 0 atom stereocenters. The fourth-order valence-electron chi connectivity index (χ4n) is 3.63. The van der Waals surface area contributed by atoms with Crippen LogP contribution in [0.15, 0.2) is 23.1 Å². The van der Waals surface area contributed by atoms with Gasteiger partial charge in [-0.2, -0.15) is 0 Å². The molecule has 0 aliphatic heterocycles. The molecule has 1 aromatic carbocycles. The van der Waals surface area contributed by atoms with Crippen LogP contribution in [0, 0.1) is 0 Å². The summed E-state index contributed by atoms with van der Waals surface area (Å²) in [5.41, 5.74) is 1.80. The number of thioether (sulfide) groups is 1. The summed E-state index contributed by atoms with van der Waals surface area (Å²) in [6.07, 6.45) is 4.11. The number of carbonyl (C=O) groups is 1. The molecule has 1 heterocycles. The number of rotatable bonds is 7. The van der Waals surface area contributed by atoms with Crippen molar-refractivity contribution in [2.45, 2.75) is 81.6 Å². The molecular weight excluding hydrogens is 416 g/mol. The fraction of sp³-hybridized carbons (Fsp3) is 0.591. The van der Waals surface area contributed by atoms with Gasteiger partial charge in [0.1, 0.15) is 10.0 Å². The van der Waals surface area contributed by atoms with E-state index in [0.717, 1.165) is 39.0 Å². The summed E-state index contributed by atoms with van der Waals surface area (Å²) in [6, 6.07) is 6.56. The smallest absolute Gasteiger partial charge is 0.411 e. The molecular formula is C22H32N4O2S2. The Morgan fingerprint density at radius 2 is 1.90 bits per heavy atom. The number of aromatic nitrogens is 2. The number of carbonyl (C=O) groups excluding carboxylic acids is 1. The van der Waals surface area contributed by atoms with Gasteiger partial charge >= 0.3 is 6.09 Å². The molecule has 1 fully saturated rings. The second-order valence-electron chi connectivity index (χ2n) is 8.24. The maximum Gasteiger partial charge on any atom is 0.411 e. The van der Waals surface area contributed by atoms with Crippen LogP contribution in [0.5, 0.6) is 0 Å². The highest BCUT2D eigenvalue weighted by Gasteiger charge is 2.25. The van der Waals surface area contributed by atoms with Crippen molar-refractivity contribution in [3.63, 3.8) is 0 Å². The molecule has 0 radical (unpaired) electrons. The number of anilines is 1. The van der Waals surface area contributed by atoms with Crippen molar-refractivity contribution in [1.82, 2.24) is 15.5 Å². The summed E-state index contributed by atoms with van der Waals surface area (Å²) >= 11 is 3.46. The van der Waals surface area contributed by atoms with Crippen molar-refractivity contribution in [2.75, 3.05) is 12.4 Å². The Balaban J connectivity index is 1.79. The number of nitrogens with zero attached hydrogens (tertiary/aromatic N) is 2. The molecule has 1 aliphatic carbocycles. The van der Waals surface area contributed by atoms with Gasteiger partial charge in [0.25, 0.3) is 0 Å². The van der Waals surface area contributed by atoms with Crippen molar-refractivity contribution in [3.8, 4) is 10.6 Å². The second kappa shape index (κ2) is 10.6. The third-order valence-corrected chi connectivity index (χ3v) is 7.27. The molecule has 1 aromatic heterocycles. The van der Waals surface area contributed by atoms with E-state index in [9.17, 15) is 4.79 Å². The first-order chi connectivity index (χ1) is 14.4. The zero-order valence-electron chi connectivity index (χ0n) is 18.4. The van der Waals surface area contributed by atoms with Gasteiger partial charge in [-0.15, -0.1) is 22.0 Å². The van der Waals surface area contributed by atoms with Gasteiger partial charge in [0.05, 0.1) is 6.10 Å². The van der Waals surface area contributed by atoms with E-state index >= 15 is 0 Å². The van der Waals surface area contributed by atoms with Crippen LogP contribution in [0.25, 0.3) is 10.6 Å². The maximum atomic E-state index is 12.0. The minimum absolute atomic E-state index is 0.156. The highest BCUT2D eigenvalue weighted by molar-refractivity contribution is 8.00. The number of nitrogens with one attached hydrogen (secondary N) is 2. The zero-order chi connectivity index (χ0) is 21.7. The Hall–Kier alpha value is -1.64. The minimum atomic E-state index is -0.436. The lowest BCUT2D eigenvalue weighted by atomic mass is 9.86.